The van der Waals surface area contributed by atoms with Crippen molar-refractivity contribution in [3.63, 3.8) is 0 Å². The van der Waals surface area contributed by atoms with E-state index in [4.69, 9.17) is 14.2 Å². The molecule has 1 aliphatic heterocycles. The number of hydrogen-bond acceptors (Lipinski definition) is 6. The zero-order chi connectivity index (χ0) is 22.9. The zero-order valence-corrected chi connectivity index (χ0v) is 19.4. The molecule has 0 bridgehead atoms. The Labute approximate surface area is 185 Å². The number of likely N-dealkylation sites (N-methyl/N-ethyl adjacent to an activating group) is 1. The predicted molar refractivity (Wildman–Crippen MR) is 119 cm³/mol. The summed E-state index contributed by atoms with van der Waals surface area (Å²) in [5.74, 6) is 0.488. The molecule has 0 unspecified atom stereocenters. The van der Waals surface area contributed by atoms with E-state index in [1.165, 1.54) is 0 Å². The van der Waals surface area contributed by atoms with Crippen molar-refractivity contribution in [2.24, 2.45) is 0 Å². The van der Waals surface area contributed by atoms with Crippen LogP contribution in [0.5, 0.6) is 5.75 Å². The third kappa shape index (κ3) is 9.57. The number of benzene rings is 1. The quantitative estimate of drug-likeness (QED) is 0.620. The number of carbonyl (C=O) groups is 2. The number of carbonyl (C=O) groups excluding carboxylic acids is 2. The Bertz CT molecular complexity index is 713. The minimum Gasteiger partial charge on any atom is -0.492 e. The summed E-state index contributed by atoms with van der Waals surface area (Å²) in [5.41, 5.74) is 0.313. The minimum atomic E-state index is -0.699. The summed E-state index contributed by atoms with van der Waals surface area (Å²) in [4.78, 5) is 26.4. The summed E-state index contributed by atoms with van der Waals surface area (Å²) in [6.07, 6.45) is 1.51. The first-order valence-electron chi connectivity index (χ1n) is 10.9. The molecule has 1 fully saturated rings. The molecular formula is C23H37N3O5. The Hall–Kier alpha value is -2.32. The smallest absolute Gasteiger partial charge is 0.408 e. The normalized spacial score (nSPS) is 15.9. The molecule has 1 aromatic rings. The molecule has 1 aromatic carbocycles. The largest absolute Gasteiger partial charge is 0.492 e. The molecule has 8 heteroatoms. The molecule has 174 valence electrons. The molecule has 0 aromatic heterocycles. The van der Waals surface area contributed by atoms with E-state index in [-0.39, 0.29) is 5.91 Å². The lowest BCUT2D eigenvalue weighted by Crippen LogP contribution is -2.46. The van der Waals surface area contributed by atoms with E-state index >= 15 is 0 Å². The molecule has 2 amide bonds. The van der Waals surface area contributed by atoms with Crippen molar-refractivity contribution in [3.05, 3.63) is 29.8 Å². The first-order valence-corrected chi connectivity index (χ1v) is 10.9. The van der Waals surface area contributed by atoms with Crippen molar-refractivity contribution < 1.29 is 23.8 Å². The fraction of sp³-hybridized carbons (Fsp3) is 0.652. The lowest BCUT2D eigenvalue weighted by atomic mass is 10.1. The van der Waals surface area contributed by atoms with E-state index < -0.39 is 17.7 Å². The van der Waals surface area contributed by atoms with Gasteiger partial charge in [0.2, 0.25) is 5.91 Å². The highest BCUT2D eigenvalue weighted by Crippen LogP contribution is 2.15. The topological polar surface area (TPSA) is 89.1 Å². The van der Waals surface area contributed by atoms with Crippen LogP contribution in [0.2, 0.25) is 0 Å². The number of amides is 2. The van der Waals surface area contributed by atoms with E-state index in [1.807, 2.05) is 24.3 Å². The predicted octanol–water partition coefficient (Wildman–Crippen LogP) is 2.71. The van der Waals surface area contributed by atoms with Crippen LogP contribution in [0.25, 0.3) is 0 Å². The number of nitrogens with one attached hydrogen (secondary N) is 2. The van der Waals surface area contributed by atoms with Crippen molar-refractivity contribution in [3.8, 4) is 5.75 Å². The average Bonchev–Trinajstić information content (AvgIpc) is 2.71. The lowest BCUT2D eigenvalue weighted by molar-refractivity contribution is -0.122. The van der Waals surface area contributed by atoms with Crippen molar-refractivity contribution in [2.45, 2.75) is 64.8 Å². The highest BCUT2D eigenvalue weighted by atomic mass is 16.6. The molecule has 8 nitrogen and oxygen atoms in total. The maximum Gasteiger partial charge on any atom is 0.408 e. The summed E-state index contributed by atoms with van der Waals surface area (Å²) >= 11 is 0. The molecule has 1 atom stereocenters. The fourth-order valence-electron chi connectivity index (χ4n) is 3.25. The number of alkyl carbamates (subject to hydrolysis) is 1. The molecule has 1 heterocycles. The van der Waals surface area contributed by atoms with E-state index in [0.29, 0.717) is 19.2 Å². The molecule has 0 saturated carbocycles. The highest BCUT2D eigenvalue weighted by Gasteiger charge is 2.21. The monoisotopic (exact) mass is 435 g/mol. The SMILES string of the molecule is C[C@@H](NC(=O)OC(C)(C)C)C(=O)NCc1cccc(OCCN(C)C2CCOCC2)c1. The Kier molecular flexibility index (Phi) is 9.58. The Morgan fingerprint density at radius 3 is 2.65 bits per heavy atom. The second-order valence-corrected chi connectivity index (χ2v) is 8.91. The Morgan fingerprint density at radius 1 is 1.26 bits per heavy atom. The van der Waals surface area contributed by atoms with Crippen LogP contribution in [0.1, 0.15) is 46.1 Å². The molecule has 0 aliphatic carbocycles. The van der Waals surface area contributed by atoms with Gasteiger partial charge in [-0.05, 0) is 65.3 Å². The Morgan fingerprint density at radius 2 is 1.97 bits per heavy atom. The number of hydrogen-bond donors (Lipinski definition) is 2. The van der Waals surface area contributed by atoms with Gasteiger partial charge in [-0.3, -0.25) is 9.69 Å². The van der Waals surface area contributed by atoms with Gasteiger partial charge in [-0.25, -0.2) is 4.79 Å². The van der Waals surface area contributed by atoms with E-state index in [9.17, 15) is 9.59 Å². The fourth-order valence-corrected chi connectivity index (χ4v) is 3.25. The summed E-state index contributed by atoms with van der Waals surface area (Å²) in [6, 6.07) is 7.51. The number of nitrogens with zero attached hydrogens (tertiary/aromatic N) is 1. The van der Waals surface area contributed by atoms with Gasteiger partial charge < -0.3 is 24.8 Å². The maximum absolute atomic E-state index is 12.3. The van der Waals surface area contributed by atoms with Crippen molar-refractivity contribution >= 4 is 12.0 Å². The first kappa shape index (κ1) is 24.9. The molecule has 2 N–H and O–H groups in total. The highest BCUT2D eigenvalue weighted by molar-refractivity contribution is 5.85. The van der Waals surface area contributed by atoms with Gasteiger partial charge in [0.1, 0.15) is 24.0 Å². The van der Waals surface area contributed by atoms with Crippen molar-refractivity contribution in [2.75, 3.05) is 33.4 Å². The molecule has 1 saturated heterocycles. The van der Waals surface area contributed by atoms with Crippen LogP contribution in [-0.4, -0.2) is 68.0 Å². The van der Waals surface area contributed by atoms with Gasteiger partial charge in [0.05, 0.1) is 0 Å². The van der Waals surface area contributed by atoms with Gasteiger partial charge in [-0.2, -0.15) is 0 Å². The van der Waals surface area contributed by atoms with Crippen molar-refractivity contribution in [1.82, 2.24) is 15.5 Å². The number of rotatable bonds is 9. The van der Waals surface area contributed by atoms with E-state index in [2.05, 4.69) is 22.6 Å². The summed E-state index contributed by atoms with van der Waals surface area (Å²) < 4.78 is 16.5. The molecular weight excluding hydrogens is 398 g/mol. The second kappa shape index (κ2) is 11.9. The van der Waals surface area contributed by atoms with Gasteiger partial charge in [0.15, 0.2) is 0 Å². The van der Waals surface area contributed by atoms with E-state index in [0.717, 1.165) is 43.9 Å². The summed E-state index contributed by atoms with van der Waals surface area (Å²) in [7, 11) is 2.12. The third-order valence-electron chi connectivity index (χ3n) is 5.02. The maximum atomic E-state index is 12.3. The van der Waals surface area contributed by atoms with Gasteiger partial charge in [-0.15, -0.1) is 0 Å². The molecule has 2 rings (SSSR count). The van der Waals surface area contributed by atoms with Gasteiger partial charge >= 0.3 is 6.09 Å². The average molecular weight is 436 g/mol. The van der Waals surface area contributed by atoms with Crippen LogP contribution in [0, 0.1) is 0 Å². The second-order valence-electron chi connectivity index (χ2n) is 8.91. The molecule has 31 heavy (non-hydrogen) atoms. The summed E-state index contributed by atoms with van der Waals surface area (Å²) in [5, 5.41) is 5.37. The molecule has 0 radical (unpaired) electrons. The standard InChI is InChI=1S/C23H37N3O5/c1-17(25-22(28)31-23(2,3)4)21(27)24-16-18-7-6-8-20(15-18)30-14-11-26(5)19-9-12-29-13-10-19/h6-8,15,17,19H,9-14,16H2,1-5H3,(H,24,27)(H,25,28)/t17-/m1/s1. The van der Waals surface area contributed by atoms with Gasteiger partial charge in [-0.1, -0.05) is 12.1 Å². The van der Waals surface area contributed by atoms with Crippen LogP contribution >= 0.6 is 0 Å². The summed E-state index contributed by atoms with van der Waals surface area (Å²) in [6.45, 7) is 10.4. The van der Waals surface area contributed by atoms with Crippen LogP contribution in [0.4, 0.5) is 4.79 Å². The van der Waals surface area contributed by atoms with Crippen LogP contribution in [0.3, 0.4) is 0 Å². The third-order valence-corrected chi connectivity index (χ3v) is 5.02. The van der Waals surface area contributed by atoms with Crippen LogP contribution < -0.4 is 15.4 Å². The van der Waals surface area contributed by atoms with Crippen molar-refractivity contribution in [1.29, 1.82) is 0 Å². The van der Waals surface area contributed by atoms with Crippen LogP contribution in [-0.2, 0) is 20.8 Å². The Balaban J connectivity index is 1.73. The lowest BCUT2D eigenvalue weighted by Gasteiger charge is -2.31. The van der Waals surface area contributed by atoms with Gasteiger partial charge in [0, 0.05) is 32.3 Å². The first-order chi connectivity index (χ1) is 14.6. The van der Waals surface area contributed by atoms with Gasteiger partial charge in [0.25, 0.3) is 0 Å². The minimum absolute atomic E-state index is 0.282. The molecule has 0 spiro atoms. The molecule has 1 aliphatic rings. The van der Waals surface area contributed by atoms with Crippen LogP contribution in [0.15, 0.2) is 24.3 Å². The number of ether oxygens (including phenoxy) is 3. The van der Waals surface area contributed by atoms with E-state index in [1.54, 1.807) is 27.7 Å². The zero-order valence-electron chi connectivity index (χ0n) is 19.4.